The molecule has 2 aromatic heterocycles. The SMILES string of the molecule is CC(c1cn[nH]c1)n1cncc1[C@H](C)N. The second-order valence-electron chi connectivity index (χ2n) is 3.72. The second-order valence-corrected chi connectivity index (χ2v) is 3.72. The van der Waals surface area contributed by atoms with E-state index in [0.29, 0.717) is 0 Å². The molecule has 0 fully saturated rings. The Morgan fingerprint density at radius 1 is 1.40 bits per heavy atom. The molecule has 5 nitrogen and oxygen atoms in total. The standard InChI is InChI=1S/C10H15N5/c1-7(11)10-5-12-6-15(10)8(2)9-3-13-14-4-9/h3-8H,11H2,1-2H3,(H,13,14)/t7-,8?/m0/s1. The molecule has 15 heavy (non-hydrogen) atoms. The lowest BCUT2D eigenvalue weighted by atomic mass is 10.1. The van der Waals surface area contributed by atoms with Crippen molar-refractivity contribution >= 4 is 0 Å². The molecule has 3 N–H and O–H groups in total. The maximum absolute atomic E-state index is 5.87. The highest BCUT2D eigenvalue weighted by Crippen LogP contribution is 2.20. The zero-order valence-electron chi connectivity index (χ0n) is 8.88. The third-order valence-electron chi connectivity index (χ3n) is 2.58. The van der Waals surface area contributed by atoms with Crippen molar-refractivity contribution in [2.75, 3.05) is 0 Å². The zero-order valence-corrected chi connectivity index (χ0v) is 8.88. The molecule has 0 saturated carbocycles. The van der Waals surface area contributed by atoms with Crippen molar-refractivity contribution in [3.05, 3.63) is 36.2 Å². The van der Waals surface area contributed by atoms with Gasteiger partial charge in [0.25, 0.3) is 0 Å². The van der Waals surface area contributed by atoms with Crippen LogP contribution >= 0.6 is 0 Å². The van der Waals surface area contributed by atoms with Crippen LogP contribution in [-0.2, 0) is 0 Å². The molecule has 0 radical (unpaired) electrons. The number of rotatable bonds is 3. The minimum Gasteiger partial charge on any atom is -0.326 e. The van der Waals surface area contributed by atoms with Crippen LogP contribution in [-0.4, -0.2) is 19.7 Å². The summed E-state index contributed by atoms with van der Waals surface area (Å²) in [4.78, 5) is 4.13. The monoisotopic (exact) mass is 205 g/mol. The van der Waals surface area contributed by atoms with Crippen LogP contribution in [0, 0.1) is 0 Å². The maximum atomic E-state index is 5.87. The van der Waals surface area contributed by atoms with E-state index in [1.54, 1.807) is 12.5 Å². The van der Waals surface area contributed by atoms with Crippen molar-refractivity contribution < 1.29 is 0 Å². The van der Waals surface area contributed by atoms with Crippen LogP contribution in [0.1, 0.15) is 37.2 Å². The van der Waals surface area contributed by atoms with E-state index in [1.807, 2.05) is 19.3 Å². The molecule has 0 amide bonds. The first-order valence-corrected chi connectivity index (χ1v) is 4.96. The molecule has 80 valence electrons. The van der Waals surface area contributed by atoms with E-state index in [0.717, 1.165) is 11.3 Å². The van der Waals surface area contributed by atoms with Gasteiger partial charge in [-0.05, 0) is 13.8 Å². The topological polar surface area (TPSA) is 72.5 Å². The van der Waals surface area contributed by atoms with Gasteiger partial charge in [0.1, 0.15) is 0 Å². The zero-order chi connectivity index (χ0) is 10.8. The summed E-state index contributed by atoms with van der Waals surface area (Å²) in [6.45, 7) is 4.05. The highest BCUT2D eigenvalue weighted by atomic mass is 15.1. The van der Waals surface area contributed by atoms with Gasteiger partial charge in [0.15, 0.2) is 0 Å². The van der Waals surface area contributed by atoms with E-state index in [2.05, 4.69) is 26.7 Å². The van der Waals surface area contributed by atoms with E-state index in [1.165, 1.54) is 0 Å². The van der Waals surface area contributed by atoms with Gasteiger partial charge in [-0.2, -0.15) is 5.10 Å². The highest BCUT2D eigenvalue weighted by Gasteiger charge is 2.14. The summed E-state index contributed by atoms with van der Waals surface area (Å²) in [5.41, 5.74) is 8.02. The van der Waals surface area contributed by atoms with E-state index < -0.39 is 0 Å². The Balaban J connectivity index is 2.33. The molecule has 2 rings (SSSR count). The number of H-pyrrole nitrogens is 1. The number of hydrogen-bond acceptors (Lipinski definition) is 3. The molecule has 0 aromatic carbocycles. The molecule has 1 unspecified atom stereocenters. The van der Waals surface area contributed by atoms with Gasteiger partial charge < -0.3 is 10.3 Å². The highest BCUT2D eigenvalue weighted by molar-refractivity contribution is 5.14. The Morgan fingerprint density at radius 3 is 2.80 bits per heavy atom. The van der Waals surface area contributed by atoms with Crippen LogP contribution in [0.15, 0.2) is 24.9 Å². The molecule has 5 heteroatoms. The summed E-state index contributed by atoms with van der Waals surface area (Å²) >= 11 is 0. The first kappa shape index (κ1) is 9.92. The Kier molecular flexibility index (Phi) is 2.55. The van der Waals surface area contributed by atoms with Crippen molar-refractivity contribution in [1.82, 2.24) is 19.7 Å². The number of nitrogens with zero attached hydrogens (tertiary/aromatic N) is 3. The third kappa shape index (κ3) is 1.78. The van der Waals surface area contributed by atoms with E-state index >= 15 is 0 Å². The predicted molar refractivity (Wildman–Crippen MR) is 57.2 cm³/mol. The van der Waals surface area contributed by atoms with Crippen LogP contribution in [0.5, 0.6) is 0 Å². The molecular formula is C10H15N5. The third-order valence-corrected chi connectivity index (χ3v) is 2.58. The Morgan fingerprint density at radius 2 is 2.20 bits per heavy atom. The van der Waals surface area contributed by atoms with Crippen LogP contribution in [0.25, 0.3) is 0 Å². The first-order valence-electron chi connectivity index (χ1n) is 4.96. The molecule has 0 aliphatic rings. The molecule has 0 aliphatic heterocycles. The molecule has 0 saturated heterocycles. The lowest BCUT2D eigenvalue weighted by molar-refractivity contribution is 0.582. The van der Waals surface area contributed by atoms with E-state index in [4.69, 9.17) is 5.73 Å². The molecule has 2 aromatic rings. The van der Waals surface area contributed by atoms with Crippen LogP contribution in [0.4, 0.5) is 0 Å². The average molecular weight is 205 g/mol. The minimum atomic E-state index is -0.0122. The number of nitrogens with two attached hydrogens (primary N) is 1. The van der Waals surface area contributed by atoms with Crippen LogP contribution < -0.4 is 5.73 Å². The quantitative estimate of drug-likeness (QED) is 0.791. The molecule has 2 heterocycles. The minimum absolute atomic E-state index is 0.0122. The van der Waals surface area contributed by atoms with Gasteiger partial charge in [-0.3, -0.25) is 5.10 Å². The largest absolute Gasteiger partial charge is 0.326 e. The van der Waals surface area contributed by atoms with E-state index in [9.17, 15) is 0 Å². The predicted octanol–water partition coefficient (Wildman–Crippen LogP) is 1.24. The van der Waals surface area contributed by atoms with Gasteiger partial charge in [0.05, 0.1) is 24.3 Å². The molecule has 0 spiro atoms. The number of hydrogen-bond donors (Lipinski definition) is 2. The number of aromatic amines is 1. The Hall–Kier alpha value is -1.62. The fraction of sp³-hybridized carbons (Fsp3) is 0.400. The fourth-order valence-corrected chi connectivity index (χ4v) is 1.64. The smallest absolute Gasteiger partial charge is 0.0954 e. The fourth-order valence-electron chi connectivity index (χ4n) is 1.64. The lowest BCUT2D eigenvalue weighted by Gasteiger charge is -2.16. The van der Waals surface area contributed by atoms with Gasteiger partial charge in [-0.15, -0.1) is 0 Å². The van der Waals surface area contributed by atoms with Gasteiger partial charge in [0, 0.05) is 24.0 Å². The van der Waals surface area contributed by atoms with Crippen molar-refractivity contribution in [2.24, 2.45) is 5.73 Å². The molecule has 0 bridgehead atoms. The summed E-state index contributed by atoms with van der Waals surface area (Å²) in [7, 11) is 0. The van der Waals surface area contributed by atoms with Gasteiger partial charge in [0.2, 0.25) is 0 Å². The van der Waals surface area contributed by atoms with Gasteiger partial charge in [-0.25, -0.2) is 4.98 Å². The summed E-state index contributed by atoms with van der Waals surface area (Å²) in [5.74, 6) is 0. The molecule has 2 atom stereocenters. The van der Waals surface area contributed by atoms with Gasteiger partial charge in [-0.1, -0.05) is 0 Å². The van der Waals surface area contributed by atoms with Crippen molar-refractivity contribution in [2.45, 2.75) is 25.9 Å². The first-order chi connectivity index (χ1) is 7.20. The van der Waals surface area contributed by atoms with Crippen LogP contribution in [0.2, 0.25) is 0 Å². The number of nitrogens with one attached hydrogen (secondary N) is 1. The van der Waals surface area contributed by atoms with E-state index in [-0.39, 0.29) is 12.1 Å². The Bertz CT molecular complexity index is 415. The Labute approximate surface area is 88.3 Å². The van der Waals surface area contributed by atoms with Gasteiger partial charge >= 0.3 is 0 Å². The lowest BCUT2D eigenvalue weighted by Crippen LogP contribution is -2.15. The second kappa shape index (κ2) is 3.86. The van der Waals surface area contributed by atoms with Crippen LogP contribution in [0.3, 0.4) is 0 Å². The number of aromatic nitrogens is 4. The normalized spacial score (nSPS) is 15.1. The average Bonchev–Trinajstić information content (AvgIpc) is 2.88. The molecule has 0 aliphatic carbocycles. The summed E-state index contributed by atoms with van der Waals surface area (Å²) < 4.78 is 2.06. The maximum Gasteiger partial charge on any atom is 0.0954 e. The summed E-state index contributed by atoms with van der Waals surface area (Å²) in [6, 6.07) is 0.189. The van der Waals surface area contributed by atoms with Crippen molar-refractivity contribution in [1.29, 1.82) is 0 Å². The van der Waals surface area contributed by atoms with Crippen molar-refractivity contribution in [3.8, 4) is 0 Å². The summed E-state index contributed by atoms with van der Waals surface area (Å²) in [5, 5.41) is 6.74. The number of imidazole rings is 1. The van der Waals surface area contributed by atoms with Crippen molar-refractivity contribution in [3.63, 3.8) is 0 Å². The summed E-state index contributed by atoms with van der Waals surface area (Å²) in [6.07, 6.45) is 7.31. The molecular weight excluding hydrogens is 190 g/mol.